The van der Waals surface area contributed by atoms with E-state index in [9.17, 15) is 4.79 Å². The minimum atomic E-state index is -0.530. The molecule has 1 amide bonds. The van der Waals surface area contributed by atoms with Gasteiger partial charge < -0.3 is 10.1 Å². The lowest BCUT2D eigenvalue weighted by molar-refractivity contribution is 0.203. The lowest BCUT2D eigenvalue weighted by atomic mass is 10.1. The van der Waals surface area contributed by atoms with E-state index >= 15 is 0 Å². The summed E-state index contributed by atoms with van der Waals surface area (Å²) < 4.78 is 6.74. The minimum Gasteiger partial charge on any atom is -0.410 e. The number of ether oxygens (including phenoxy) is 1. The molecule has 0 saturated heterocycles. The molecule has 0 bridgehead atoms. The van der Waals surface area contributed by atoms with E-state index in [0.29, 0.717) is 16.6 Å². The molecule has 27 heavy (non-hydrogen) atoms. The number of rotatable bonds is 5. The van der Waals surface area contributed by atoms with Crippen molar-refractivity contribution in [1.82, 2.24) is 30.4 Å². The summed E-state index contributed by atoms with van der Waals surface area (Å²) in [7, 11) is 5.38. The molecule has 0 radical (unpaired) electrons. The van der Waals surface area contributed by atoms with Crippen LogP contribution in [0.25, 0.3) is 5.69 Å². The van der Waals surface area contributed by atoms with Gasteiger partial charge in [-0.05, 0) is 60.4 Å². The zero-order valence-electron chi connectivity index (χ0n) is 15.1. The number of tetrazole rings is 1. The lowest BCUT2D eigenvalue weighted by Crippen LogP contribution is -2.25. The zero-order chi connectivity index (χ0) is 19.4. The molecule has 0 aliphatic carbocycles. The van der Waals surface area contributed by atoms with Gasteiger partial charge >= 0.3 is 6.09 Å². The summed E-state index contributed by atoms with van der Waals surface area (Å²) in [6, 6.07) is 14.3. The largest absolute Gasteiger partial charge is 0.412 e. The molecule has 3 rings (SSSR count). The number of nitrogens with zero attached hydrogens (tertiary/aromatic N) is 5. The van der Waals surface area contributed by atoms with Crippen molar-refractivity contribution in [2.24, 2.45) is 0 Å². The molecule has 3 aromatic rings. The summed E-state index contributed by atoms with van der Waals surface area (Å²) in [6.07, 6.45) is -0.530. The summed E-state index contributed by atoms with van der Waals surface area (Å²) >= 11 is 6.40. The van der Waals surface area contributed by atoms with Gasteiger partial charge in [-0.15, -0.1) is 5.10 Å². The molecule has 9 heteroatoms. The van der Waals surface area contributed by atoms with Gasteiger partial charge in [0.2, 0.25) is 0 Å². The van der Waals surface area contributed by atoms with Crippen molar-refractivity contribution in [2.45, 2.75) is 6.04 Å². The Kier molecular flexibility index (Phi) is 5.68. The van der Waals surface area contributed by atoms with E-state index in [0.717, 1.165) is 11.3 Å². The molecule has 0 aliphatic heterocycles. The Balaban J connectivity index is 1.97. The molecule has 0 saturated carbocycles. The van der Waals surface area contributed by atoms with Crippen molar-refractivity contribution >= 4 is 17.7 Å². The monoisotopic (exact) mass is 386 g/mol. The third-order valence-electron chi connectivity index (χ3n) is 3.95. The lowest BCUT2D eigenvalue weighted by Gasteiger charge is -2.24. The fourth-order valence-electron chi connectivity index (χ4n) is 2.71. The second-order valence-electron chi connectivity index (χ2n) is 5.97. The summed E-state index contributed by atoms with van der Waals surface area (Å²) in [4.78, 5) is 13.3. The number of carbonyl (C=O) groups excluding carboxylic acids is 1. The van der Waals surface area contributed by atoms with Gasteiger partial charge in [-0.1, -0.05) is 29.8 Å². The molecule has 0 aliphatic rings. The average molecular weight is 387 g/mol. The number of aromatic nitrogens is 4. The quantitative estimate of drug-likeness (QED) is 0.725. The van der Waals surface area contributed by atoms with Crippen LogP contribution in [-0.4, -0.2) is 52.3 Å². The van der Waals surface area contributed by atoms with Gasteiger partial charge in [0.1, 0.15) is 5.75 Å². The standard InChI is InChI=1S/C18H19ClN6O2/c1-20-18(26)27-13-10-8-12(9-11-13)25-17(21-22-23-25)16(24(2)3)14-6-4-5-7-15(14)19/h4-11,16H,1-3H3,(H,20,26). The molecule has 1 aromatic heterocycles. The average Bonchev–Trinajstić information content (AvgIpc) is 3.13. The van der Waals surface area contributed by atoms with Crippen LogP contribution in [0.1, 0.15) is 17.4 Å². The van der Waals surface area contributed by atoms with Gasteiger partial charge in [-0.2, -0.15) is 4.68 Å². The molecular weight excluding hydrogens is 368 g/mol. The first-order chi connectivity index (χ1) is 13.0. The van der Waals surface area contributed by atoms with Crippen molar-refractivity contribution < 1.29 is 9.53 Å². The number of nitrogens with one attached hydrogen (secondary N) is 1. The van der Waals surface area contributed by atoms with Gasteiger partial charge in [-0.3, -0.25) is 4.90 Å². The number of carbonyl (C=O) groups is 1. The molecule has 2 aromatic carbocycles. The summed E-state index contributed by atoms with van der Waals surface area (Å²) in [6.45, 7) is 0. The predicted molar refractivity (Wildman–Crippen MR) is 101 cm³/mol. The van der Waals surface area contributed by atoms with Crippen molar-refractivity contribution in [3.63, 3.8) is 0 Å². The topological polar surface area (TPSA) is 85.2 Å². The highest BCUT2D eigenvalue weighted by Crippen LogP contribution is 2.31. The number of hydrogen-bond acceptors (Lipinski definition) is 6. The van der Waals surface area contributed by atoms with Crippen molar-refractivity contribution in [3.05, 3.63) is 64.9 Å². The van der Waals surface area contributed by atoms with E-state index in [1.54, 1.807) is 28.9 Å². The maximum absolute atomic E-state index is 11.3. The minimum absolute atomic E-state index is 0.240. The fraction of sp³-hybridized carbons (Fsp3) is 0.222. The van der Waals surface area contributed by atoms with E-state index in [4.69, 9.17) is 16.3 Å². The highest BCUT2D eigenvalue weighted by Gasteiger charge is 2.26. The van der Waals surface area contributed by atoms with Gasteiger partial charge in [0, 0.05) is 12.1 Å². The Bertz CT molecular complexity index is 926. The first-order valence-corrected chi connectivity index (χ1v) is 8.58. The summed E-state index contributed by atoms with van der Waals surface area (Å²) in [5.41, 5.74) is 1.64. The Labute approximate surface area is 161 Å². The van der Waals surface area contributed by atoms with E-state index < -0.39 is 6.09 Å². The van der Waals surface area contributed by atoms with Crippen LogP contribution in [0.5, 0.6) is 5.75 Å². The maximum atomic E-state index is 11.3. The summed E-state index contributed by atoms with van der Waals surface area (Å²) in [5, 5.41) is 15.2. The molecule has 1 atom stereocenters. The molecule has 1 unspecified atom stereocenters. The van der Waals surface area contributed by atoms with Crippen LogP contribution >= 0.6 is 11.6 Å². The molecule has 1 N–H and O–H groups in total. The summed E-state index contributed by atoms with van der Waals surface area (Å²) in [5.74, 6) is 1.04. The Morgan fingerprint density at radius 3 is 2.52 bits per heavy atom. The van der Waals surface area contributed by atoms with Gasteiger partial charge in [0.25, 0.3) is 0 Å². The number of amides is 1. The maximum Gasteiger partial charge on any atom is 0.412 e. The fourth-order valence-corrected chi connectivity index (χ4v) is 2.95. The van der Waals surface area contributed by atoms with Gasteiger partial charge in [0.15, 0.2) is 5.82 Å². The van der Waals surface area contributed by atoms with E-state index in [-0.39, 0.29) is 6.04 Å². The van der Waals surface area contributed by atoms with Crippen molar-refractivity contribution in [3.8, 4) is 11.4 Å². The zero-order valence-corrected chi connectivity index (χ0v) is 15.9. The van der Waals surface area contributed by atoms with E-state index in [1.165, 1.54) is 7.05 Å². The molecule has 0 spiro atoms. The van der Waals surface area contributed by atoms with Gasteiger partial charge in [-0.25, -0.2) is 4.79 Å². The Morgan fingerprint density at radius 1 is 1.19 bits per heavy atom. The molecule has 1 heterocycles. The Morgan fingerprint density at radius 2 is 1.89 bits per heavy atom. The SMILES string of the molecule is CNC(=O)Oc1ccc(-n2nnnc2C(c2ccccc2Cl)N(C)C)cc1. The molecule has 140 valence electrons. The Hall–Kier alpha value is -2.97. The van der Waals surface area contributed by atoms with Crippen LogP contribution in [0.3, 0.4) is 0 Å². The first-order valence-electron chi connectivity index (χ1n) is 8.20. The second-order valence-corrected chi connectivity index (χ2v) is 6.38. The smallest absolute Gasteiger partial charge is 0.410 e. The van der Waals surface area contributed by atoms with Crippen LogP contribution in [-0.2, 0) is 0 Å². The second kappa shape index (κ2) is 8.15. The normalized spacial score (nSPS) is 12.0. The highest BCUT2D eigenvalue weighted by atomic mass is 35.5. The number of hydrogen-bond donors (Lipinski definition) is 1. The molecule has 0 fully saturated rings. The third kappa shape index (κ3) is 4.07. The van der Waals surface area contributed by atoms with Crippen molar-refractivity contribution in [2.75, 3.05) is 21.1 Å². The van der Waals surface area contributed by atoms with Crippen LogP contribution in [0.15, 0.2) is 48.5 Å². The van der Waals surface area contributed by atoms with Crippen LogP contribution in [0.4, 0.5) is 4.79 Å². The van der Waals surface area contributed by atoms with Gasteiger partial charge in [0.05, 0.1) is 11.7 Å². The molecular formula is C18H19ClN6O2. The third-order valence-corrected chi connectivity index (χ3v) is 4.29. The predicted octanol–water partition coefficient (Wildman–Crippen LogP) is 2.68. The van der Waals surface area contributed by atoms with Crippen LogP contribution in [0, 0.1) is 0 Å². The van der Waals surface area contributed by atoms with Crippen LogP contribution < -0.4 is 10.1 Å². The van der Waals surface area contributed by atoms with E-state index in [2.05, 4.69) is 20.8 Å². The first kappa shape index (κ1) is 18.8. The van der Waals surface area contributed by atoms with E-state index in [1.807, 2.05) is 43.3 Å². The molecule has 8 nitrogen and oxygen atoms in total. The number of benzene rings is 2. The van der Waals surface area contributed by atoms with Crippen molar-refractivity contribution in [1.29, 1.82) is 0 Å². The highest BCUT2D eigenvalue weighted by molar-refractivity contribution is 6.31. The number of halogens is 1. The van der Waals surface area contributed by atoms with Crippen LogP contribution in [0.2, 0.25) is 5.02 Å².